The molecule has 0 aromatic heterocycles. The number of carbonyl (C=O) groups excluding carboxylic acids is 4. The highest BCUT2D eigenvalue weighted by molar-refractivity contribution is 7.91. The number of hydrogen-bond acceptors (Lipinski definition) is 7. The molecule has 1 aromatic rings. The Kier molecular flexibility index (Phi) is 9.73. The molecule has 4 amide bonds. The van der Waals surface area contributed by atoms with Crippen molar-refractivity contribution >= 4 is 39.7 Å². The Morgan fingerprint density at radius 2 is 1.79 bits per heavy atom. The van der Waals surface area contributed by atoms with E-state index in [-0.39, 0.29) is 12.3 Å². The van der Waals surface area contributed by atoms with Gasteiger partial charge in [-0.3, -0.25) is 18.7 Å². The normalized spacial score (nSPS) is 27.3. The van der Waals surface area contributed by atoms with E-state index in [0.717, 1.165) is 17.1 Å². The Morgan fingerprint density at radius 3 is 2.49 bits per heavy atom. The molecule has 0 spiro atoms. The van der Waals surface area contributed by atoms with Gasteiger partial charge in [-0.2, -0.15) is 8.42 Å². The summed E-state index contributed by atoms with van der Waals surface area (Å²) in [6.07, 6.45) is 7.71. The fraction of sp³-hybridized carbons (Fsp3) is 0.600. The number of ether oxygens (including phenoxy) is 1. The van der Waals surface area contributed by atoms with Crippen molar-refractivity contribution in [3.8, 4) is 0 Å². The number of rotatable bonds is 5. The number of benzene rings is 1. The van der Waals surface area contributed by atoms with Gasteiger partial charge >= 0.3 is 16.3 Å². The summed E-state index contributed by atoms with van der Waals surface area (Å²) in [4.78, 5) is 55.0. The van der Waals surface area contributed by atoms with Crippen LogP contribution < -0.4 is 19.7 Å². The summed E-state index contributed by atoms with van der Waals surface area (Å²) in [5, 5.41) is 5.53. The van der Waals surface area contributed by atoms with Gasteiger partial charge in [0, 0.05) is 19.5 Å². The molecule has 1 saturated heterocycles. The maximum Gasteiger partial charge on any atom is 0.408 e. The quantitative estimate of drug-likeness (QED) is 0.430. The van der Waals surface area contributed by atoms with Crippen molar-refractivity contribution in [2.75, 3.05) is 17.9 Å². The summed E-state index contributed by atoms with van der Waals surface area (Å²) in [6.45, 7) is 5.53. The van der Waals surface area contributed by atoms with E-state index >= 15 is 0 Å². The second-order valence-corrected chi connectivity index (χ2v) is 14.2. The number of allylic oxidation sites excluding steroid dienone is 1. The number of fused-ring (bicyclic) bond motifs is 2. The number of nitrogens with one attached hydrogen (secondary N) is 3. The maximum absolute atomic E-state index is 13.7. The van der Waals surface area contributed by atoms with E-state index < -0.39 is 57.3 Å². The van der Waals surface area contributed by atoms with Crippen LogP contribution in [-0.2, 0) is 29.3 Å². The second-order valence-electron chi connectivity index (χ2n) is 12.5. The predicted octanol–water partition coefficient (Wildman–Crippen LogP) is 2.76. The first-order valence-electron chi connectivity index (χ1n) is 14.9. The highest BCUT2D eigenvalue weighted by atomic mass is 32.2. The minimum absolute atomic E-state index is 0.231. The van der Waals surface area contributed by atoms with E-state index in [4.69, 9.17) is 4.74 Å². The van der Waals surface area contributed by atoms with Gasteiger partial charge in [-0.05, 0) is 71.4 Å². The third-order valence-corrected chi connectivity index (χ3v) is 9.40. The van der Waals surface area contributed by atoms with Crippen molar-refractivity contribution < 1.29 is 32.3 Å². The van der Waals surface area contributed by atoms with Crippen LogP contribution in [0.3, 0.4) is 0 Å². The fourth-order valence-electron chi connectivity index (χ4n) is 5.60. The van der Waals surface area contributed by atoms with Crippen LogP contribution in [0.1, 0.15) is 72.1 Å². The van der Waals surface area contributed by atoms with Gasteiger partial charge in [0.1, 0.15) is 23.2 Å². The SMILES string of the molecule is CN(c1ccccc1)S(=O)(=O)NC(=O)C12CC1/C=C\CCCCCC(NC(=O)OC(C)(C)C)C(=O)N1CCCC1C(=O)N2. The predicted molar refractivity (Wildman–Crippen MR) is 161 cm³/mol. The van der Waals surface area contributed by atoms with E-state index in [1.54, 1.807) is 51.1 Å². The van der Waals surface area contributed by atoms with E-state index in [1.807, 2.05) is 12.2 Å². The molecular weight excluding hydrogens is 574 g/mol. The van der Waals surface area contributed by atoms with E-state index in [9.17, 15) is 27.6 Å². The lowest BCUT2D eigenvalue weighted by molar-refractivity contribution is -0.141. The summed E-state index contributed by atoms with van der Waals surface area (Å²) >= 11 is 0. The number of nitrogens with zero attached hydrogens (tertiary/aromatic N) is 2. The zero-order valence-electron chi connectivity index (χ0n) is 25.3. The number of anilines is 1. The molecule has 4 unspecified atom stereocenters. The van der Waals surface area contributed by atoms with Crippen molar-refractivity contribution in [1.82, 2.24) is 20.3 Å². The smallest absolute Gasteiger partial charge is 0.408 e. The summed E-state index contributed by atoms with van der Waals surface area (Å²) in [5.41, 5.74) is -1.84. The van der Waals surface area contributed by atoms with Gasteiger partial charge in [0.2, 0.25) is 11.8 Å². The van der Waals surface area contributed by atoms with Gasteiger partial charge < -0.3 is 20.3 Å². The molecule has 2 aliphatic heterocycles. The topological polar surface area (TPSA) is 154 Å². The molecule has 0 radical (unpaired) electrons. The minimum Gasteiger partial charge on any atom is -0.444 e. The third-order valence-electron chi connectivity index (χ3n) is 8.03. The van der Waals surface area contributed by atoms with Crippen LogP contribution in [-0.4, -0.2) is 73.9 Å². The van der Waals surface area contributed by atoms with Crippen molar-refractivity contribution in [3.63, 3.8) is 0 Å². The van der Waals surface area contributed by atoms with Crippen LogP contribution >= 0.6 is 0 Å². The lowest BCUT2D eigenvalue weighted by Gasteiger charge is -2.30. The monoisotopic (exact) mass is 617 g/mol. The molecule has 1 aliphatic carbocycles. The molecule has 13 heteroatoms. The van der Waals surface area contributed by atoms with Crippen LogP contribution in [0.4, 0.5) is 10.5 Å². The number of carbonyl (C=O) groups is 4. The molecule has 3 N–H and O–H groups in total. The molecule has 4 rings (SSSR count). The molecule has 12 nitrogen and oxygen atoms in total. The van der Waals surface area contributed by atoms with Gasteiger partial charge in [-0.25, -0.2) is 9.52 Å². The number of alkyl carbamates (subject to hydrolysis) is 1. The first-order chi connectivity index (χ1) is 20.2. The van der Waals surface area contributed by atoms with Crippen LogP contribution in [0.2, 0.25) is 0 Å². The second kappa shape index (κ2) is 12.9. The largest absolute Gasteiger partial charge is 0.444 e. The molecule has 2 heterocycles. The summed E-state index contributed by atoms with van der Waals surface area (Å²) in [7, 11) is -2.93. The standard InChI is InChI=1S/C30H43N5O7S/c1-29(2,3)42-28(39)31-23-17-12-7-5-6-9-14-21-20-30(21,32-25(36)24-18-13-19-35(24)26(23)37)27(38)33-43(40,41)34(4)22-15-10-8-11-16-22/h8-11,14-16,21,23-24H,5-7,12-13,17-20H2,1-4H3,(H,31,39)(H,32,36)(H,33,38)/b14-9-. The van der Waals surface area contributed by atoms with Gasteiger partial charge in [0.25, 0.3) is 5.91 Å². The lowest BCUT2D eigenvalue weighted by atomic mass is 10.0. The lowest BCUT2D eigenvalue weighted by Crippen LogP contribution is -2.59. The van der Waals surface area contributed by atoms with E-state index in [2.05, 4.69) is 15.4 Å². The maximum atomic E-state index is 13.7. The van der Waals surface area contributed by atoms with Crippen LogP contribution in [0.25, 0.3) is 0 Å². The number of hydrogen-bond donors (Lipinski definition) is 3. The number of para-hydroxylation sites is 1. The average Bonchev–Trinajstić information content (AvgIpc) is 3.40. The zero-order valence-corrected chi connectivity index (χ0v) is 26.1. The van der Waals surface area contributed by atoms with Gasteiger partial charge in [-0.15, -0.1) is 0 Å². The Bertz CT molecular complexity index is 1340. The van der Waals surface area contributed by atoms with Crippen LogP contribution in [0.5, 0.6) is 0 Å². The van der Waals surface area contributed by atoms with Crippen molar-refractivity contribution in [1.29, 1.82) is 0 Å². The van der Waals surface area contributed by atoms with Crippen LogP contribution in [0.15, 0.2) is 42.5 Å². The Balaban J connectivity index is 1.55. The Morgan fingerprint density at radius 1 is 1.07 bits per heavy atom. The molecule has 2 fully saturated rings. The minimum atomic E-state index is -4.27. The molecular formula is C30H43N5O7S. The molecule has 236 valence electrons. The van der Waals surface area contributed by atoms with Gasteiger partial charge in [-0.1, -0.05) is 43.2 Å². The summed E-state index contributed by atoms with van der Waals surface area (Å²) < 4.78 is 34.8. The molecule has 3 aliphatic rings. The summed E-state index contributed by atoms with van der Waals surface area (Å²) in [6, 6.07) is 6.60. The molecule has 4 atom stereocenters. The Hall–Kier alpha value is -3.61. The molecule has 43 heavy (non-hydrogen) atoms. The molecule has 0 bridgehead atoms. The number of amides is 4. The van der Waals surface area contributed by atoms with Gasteiger partial charge in [0.15, 0.2) is 0 Å². The first-order valence-corrected chi connectivity index (χ1v) is 16.3. The Labute approximate surface area is 253 Å². The van der Waals surface area contributed by atoms with Gasteiger partial charge in [0.05, 0.1) is 5.69 Å². The molecule has 1 aromatic carbocycles. The van der Waals surface area contributed by atoms with Crippen molar-refractivity contribution in [3.05, 3.63) is 42.5 Å². The highest BCUT2D eigenvalue weighted by Crippen LogP contribution is 2.45. The highest BCUT2D eigenvalue weighted by Gasteiger charge is 2.61. The summed E-state index contributed by atoms with van der Waals surface area (Å²) in [5.74, 6) is -2.14. The average molecular weight is 618 g/mol. The van der Waals surface area contributed by atoms with Crippen LogP contribution in [0, 0.1) is 5.92 Å². The van der Waals surface area contributed by atoms with E-state index in [1.165, 1.54) is 11.9 Å². The first kappa shape index (κ1) is 32.3. The fourth-order valence-corrected chi connectivity index (χ4v) is 6.55. The zero-order chi connectivity index (χ0) is 31.4. The van der Waals surface area contributed by atoms with E-state index in [0.29, 0.717) is 44.3 Å². The van der Waals surface area contributed by atoms with Crippen molar-refractivity contribution in [2.24, 2.45) is 5.92 Å². The third kappa shape index (κ3) is 7.87. The molecule has 1 saturated carbocycles. The van der Waals surface area contributed by atoms with Crippen molar-refractivity contribution in [2.45, 2.75) is 95.4 Å².